The van der Waals surface area contributed by atoms with Crippen LogP contribution >= 0.6 is 11.6 Å². The number of rotatable bonds is 5. The molecular formula is C20H22ClFN2O2. The van der Waals surface area contributed by atoms with Crippen LogP contribution in [0.1, 0.15) is 13.3 Å². The molecule has 0 aliphatic carbocycles. The fourth-order valence-electron chi connectivity index (χ4n) is 3.07. The lowest BCUT2D eigenvalue weighted by molar-refractivity contribution is -0.139. The highest BCUT2D eigenvalue weighted by atomic mass is 35.5. The third kappa shape index (κ3) is 4.28. The number of halogens is 2. The Hall–Kier alpha value is -2.27. The van der Waals surface area contributed by atoms with E-state index in [0.29, 0.717) is 49.1 Å². The topological polar surface area (TPSA) is 32.8 Å². The van der Waals surface area contributed by atoms with E-state index in [0.717, 1.165) is 0 Å². The van der Waals surface area contributed by atoms with Crippen molar-refractivity contribution >= 4 is 23.2 Å². The summed E-state index contributed by atoms with van der Waals surface area (Å²) in [6.45, 7) is 4.23. The predicted molar refractivity (Wildman–Crippen MR) is 101 cm³/mol. The van der Waals surface area contributed by atoms with Gasteiger partial charge in [-0.3, -0.25) is 4.79 Å². The van der Waals surface area contributed by atoms with Gasteiger partial charge in [-0.1, -0.05) is 30.7 Å². The molecule has 4 nitrogen and oxygen atoms in total. The van der Waals surface area contributed by atoms with Crippen molar-refractivity contribution < 1.29 is 13.9 Å². The fraction of sp³-hybridized carbons (Fsp3) is 0.350. The number of carbonyl (C=O) groups excluding carboxylic acids is 1. The average Bonchev–Trinajstić information content (AvgIpc) is 2.67. The third-order valence-corrected chi connectivity index (χ3v) is 4.77. The largest absolute Gasteiger partial charge is 0.481 e. The number of amides is 1. The Kier molecular flexibility index (Phi) is 5.99. The van der Waals surface area contributed by atoms with Crippen molar-refractivity contribution in [1.29, 1.82) is 0 Å². The molecule has 3 rings (SSSR count). The van der Waals surface area contributed by atoms with E-state index in [9.17, 15) is 9.18 Å². The van der Waals surface area contributed by atoms with Gasteiger partial charge >= 0.3 is 0 Å². The van der Waals surface area contributed by atoms with Crippen molar-refractivity contribution in [1.82, 2.24) is 4.90 Å². The zero-order valence-corrected chi connectivity index (χ0v) is 15.5. The van der Waals surface area contributed by atoms with E-state index in [1.54, 1.807) is 41.3 Å². The molecule has 0 aromatic heterocycles. The lowest BCUT2D eigenvalue weighted by Crippen LogP contribution is -2.52. The molecule has 1 aliphatic rings. The number of benzene rings is 2. The van der Waals surface area contributed by atoms with E-state index in [-0.39, 0.29) is 11.7 Å². The van der Waals surface area contributed by atoms with Gasteiger partial charge in [-0.15, -0.1) is 0 Å². The Morgan fingerprint density at radius 1 is 1.12 bits per heavy atom. The molecule has 0 N–H and O–H groups in total. The second kappa shape index (κ2) is 8.41. The van der Waals surface area contributed by atoms with Crippen molar-refractivity contribution in [2.24, 2.45) is 0 Å². The summed E-state index contributed by atoms with van der Waals surface area (Å²) in [5.74, 6) is 0.361. The molecular weight excluding hydrogens is 355 g/mol. The fourth-order valence-corrected chi connectivity index (χ4v) is 3.19. The molecule has 1 saturated heterocycles. The number of anilines is 1. The number of hydrogen-bond donors (Lipinski definition) is 0. The number of carbonyl (C=O) groups is 1. The van der Waals surface area contributed by atoms with E-state index in [1.165, 1.54) is 6.07 Å². The lowest BCUT2D eigenvalue weighted by atomic mass is 10.2. The van der Waals surface area contributed by atoms with E-state index in [4.69, 9.17) is 16.3 Å². The van der Waals surface area contributed by atoms with Gasteiger partial charge in [-0.05, 0) is 42.8 Å². The Morgan fingerprint density at radius 3 is 2.38 bits per heavy atom. The standard InChI is InChI=1S/C20H22ClFN2O2/c1-2-19(26-16-9-7-15(21)8-10-16)20(25)24-13-11-23(12-14-24)18-6-4-3-5-17(18)22/h3-10,19H,2,11-14H2,1H3/t19-/m0/s1. The summed E-state index contributed by atoms with van der Waals surface area (Å²) in [5, 5.41) is 0.626. The quantitative estimate of drug-likeness (QED) is 0.791. The third-order valence-electron chi connectivity index (χ3n) is 4.52. The molecule has 6 heteroatoms. The zero-order valence-electron chi connectivity index (χ0n) is 14.7. The van der Waals surface area contributed by atoms with E-state index >= 15 is 0 Å². The molecule has 1 amide bonds. The number of ether oxygens (including phenoxy) is 1. The van der Waals surface area contributed by atoms with E-state index in [1.807, 2.05) is 17.9 Å². The monoisotopic (exact) mass is 376 g/mol. The van der Waals surface area contributed by atoms with Crippen molar-refractivity contribution in [2.45, 2.75) is 19.4 Å². The molecule has 0 spiro atoms. The predicted octanol–water partition coefficient (Wildman–Crippen LogP) is 3.99. The molecule has 138 valence electrons. The Bertz CT molecular complexity index is 746. The van der Waals surface area contributed by atoms with Crippen LogP contribution in [0.25, 0.3) is 0 Å². The van der Waals surface area contributed by atoms with Crippen LogP contribution in [0.5, 0.6) is 5.75 Å². The normalized spacial score (nSPS) is 15.7. The summed E-state index contributed by atoms with van der Waals surface area (Å²) in [7, 11) is 0. The molecule has 1 heterocycles. The van der Waals surface area contributed by atoms with Crippen molar-refractivity contribution in [3.63, 3.8) is 0 Å². The molecule has 1 atom stereocenters. The average molecular weight is 377 g/mol. The Labute approximate surface area is 158 Å². The summed E-state index contributed by atoms with van der Waals surface area (Å²) in [6.07, 6.45) is 0.0471. The highest BCUT2D eigenvalue weighted by molar-refractivity contribution is 6.30. The van der Waals surface area contributed by atoms with Gasteiger partial charge in [0.05, 0.1) is 5.69 Å². The molecule has 2 aromatic rings. The molecule has 0 unspecified atom stereocenters. The molecule has 2 aromatic carbocycles. The van der Waals surface area contributed by atoms with Crippen LogP contribution in [0.15, 0.2) is 48.5 Å². The maximum Gasteiger partial charge on any atom is 0.263 e. The van der Waals surface area contributed by atoms with Crippen LogP contribution in [0, 0.1) is 5.82 Å². The minimum absolute atomic E-state index is 0.0318. The number of nitrogens with zero attached hydrogens (tertiary/aromatic N) is 2. The van der Waals surface area contributed by atoms with Gasteiger partial charge < -0.3 is 14.5 Å². The lowest BCUT2D eigenvalue weighted by Gasteiger charge is -2.37. The SMILES string of the molecule is CC[C@H](Oc1ccc(Cl)cc1)C(=O)N1CCN(c2ccccc2F)CC1. The van der Waals surface area contributed by atoms with Crippen LogP contribution in [0.4, 0.5) is 10.1 Å². The summed E-state index contributed by atoms with van der Waals surface area (Å²) in [4.78, 5) is 16.6. The highest BCUT2D eigenvalue weighted by Gasteiger charge is 2.28. The highest BCUT2D eigenvalue weighted by Crippen LogP contribution is 2.22. The van der Waals surface area contributed by atoms with Crippen molar-refractivity contribution in [2.75, 3.05) is 31.1 Å². The van der Waals surface area contributed by atoms with Crippen molar-refractivity contribution in [3.05, 3.63) is 59.4 Å². The first kappa shape index (κ1) is 18.5. The van der Waals surface area contributed by atoms with Crippen LogP contribution in [-0.4, -0.2) is 43.1 Å². The van der Waals surface area contributed by atoms with Gasteiger partial charge in [0.1, 0.15) is 11.6 Å². The van der Waals surface area contributed by atoms with Crippen LogP contribution in [-0.2, 0) is 4.79 Å². The first-order chi connectivity index (χ1) is 12.6. The second-order valence-corrected chi connectivity index (χ2v) is 6.67. The van der Waals surface area contributed by atoms with Gasteiger partial charge in [0.2, 0.25) is 0 Å². The van der Waals surface area contributed by atoms with Gasteiger partial charge in [0, 0.05) is 31.2 Å². The number of hydrogen-bond acceptors (Lipinski definition) is 3. The zero-order chi connectivity index (χ0) is 18.5. The Balaban J connectivity index is 1.59. The van der Waals surface area contributed by atoms with E-state index < -0.39 is 6.10 Å². The minimum Gasteiger partial charge on any atom is -0.481 e. The molecule has 0 radical (unpaired) electrons. The van der Waals surface area contributed by atoms with Gasteiger partial charge in [-0.2, -0.15) is 0 Å². The summed E-state index contributed by atoms with van der Waals surface area (Å²) >= 11 is 5.88. The van der Waals surface area contributed by atoms with Gasteiger partial charge in [-0.25, -0.2) is 4.39 Å². The van der Waals surface area contributed by atoms with Crippen LogP contribution in [0.3, 0.4) is 0 Å². The molecule has 0 saturated carbocycles. The van der Waals surface area contributed by atoms with Gasteiger partial charge in [0.15, 0.2) is 6.10 Å². The maximum absolute atomic E-state index is 13.9. The smallest absolute Gasteiger partial charge is 0.263 e. The number of piperazine rings is 1. The van der Waals surface area contributed by atoms with Crippen molar-refractivity contribution in [3.8, 4) is 5.75 Å². The molecule has 1 aliphatic heterocycles. The second-order valence-electron chi connectivity index (χ2n) is 6.23. The first-order valence-electron chi connectivity index (χ1n) is 8.79. The first-order valence-corrected chi connectivity index (χ1v) is 9.16. The van der Waals surface area contributed by atoms with Gasteiger partial charge in [0.25, 0.3) is 5.91 Å². The minimum atomic E-state index is -0.531. The maximum atomic E-state index is 13.9. The summed E-state index contributed by atoms with van der Waals surface area (Å²) < 4.78 is 19.8. The van der Waals surface area contributed by atoms with E-state index in [2.05, 4.69) is 0 Å². The Morgan fingerprint density at radius 2 is 1.77 bits per heavy atom. The molecule has 1 fully saturated rings. The van der Waals surface area contributed by atoms with Crippen LogP contribution < -0.4 is 9.64 Å². The summed E-state index contributed by atoms with van der Waals surface area (Å²) in [6, 6.07) is 13.7. The molecule has 0 bridgehead atoms. The number of para-hydroxylation sites is 1. The summed E-state index contributed by atoms with van der Waals surface area (Å²) in [5.41, 5.74) is 0.587. The molecule has 26 heavy (non-hydrogen) atoms. The van der Waals surface area contributed by atoms with Crippen LogP contribution in [0.2, 0.25) is 5.02 Å².